The molecule has 1 rings (SSSR count). The molecule has 1 aromatic rings. The molecule has 0 heterocycles. The third kappa shape index (κ3) is 6.78. The molecule has 0 radical (unpaired) electrons. The normalized spacial score (nSPS) is 9.48. The van der Waals surface area contributed by atoms with Crippen LogP contribution in [0.4, 0.5) is 10.5 Å². The van der Waals surface area contributed by atoms with Crippen molar-refractivity contribution in [1.29, 1.82) is 0 Å². The van der Waals surface area contributed by atoms with Gasteiger partial charge in [-0.3, -0.25) is 14.9 Å². The van der Waals surface area contributed by atoms with E-state index in [0.29, 0.717) is 24.1 Å². The number of anilines is 1. The van der Waals surface area contributed by atoms with Gasteiger partial charge in [-0.1, -0.05) is 12.0 Å². The van der Waals surface area contributed by atoms with Crippen molar-refractivity contribution in [3.63, 3.8) is 0 Å². The highest BCUT2D eigenvalue weighted by atomic mass is 16.4. The first-order valence-electron chi connectivity index (χ1n) is 6.40. The number of benzene rings is 1. The summed E-state index contributed by atoms with van der Waals surface area (Å²) in [5.74, 6) is 1.08. The fraction of sp³-hybridized carbons (Fsp3) is 0.267. The van der Waals surface area contributed by atoms with Crippen LogP contribution >= 0.6 is 0 Å². The molecule has 0 aliphatic heterocycles. The highest BCUT2D eigenvalue weighted by Gasteiger charge is 2.08. The lowest BCUT2D eigenvalue weighted by Crippen LogP contribution is -2.34. The van der Waals surface area contributed by atoms with Crippen LogP contribution in [0.2, 0.25) is 0 Å². The fourth-order valence-corrected chi connectivity index (χ4v) is 1.60. The molecule has 0 aliphatic carbocycles. The summed E-state index contributed by atoms with van der Waals surface area (Å²) >= 11 is 0. The number of amides is 3. The Bertz CT molecular complexity index is 575. The quantitative estimate of drug-likeness (QED) is 0.551. The number of carbonyl (C=O) groups is 3. The lowest BCUT2D eigenvalue weighted by atomic mass is 10.2. The van der Waals surface area contributed by atoms with Crippen molar-refractivity contribution >= 4 is 23.6 Å². The maximum absolute atomic E-state index is 11.6. The summed E-state index contributed by atoms with van der Waals surface area (Å²) < 4.78 is 0. The largest absolute Gasteiger partial charge is 0.481 e. The first-order chi connectivity index (χ1) is 10.0. The average molecular weight is 288 g/mol. The molecule has 6 nitrogen and oxygen atoms in total. The van der Waals surface area contributed by atoms with Gasteiger partial charge in [-0.15, -0.1) is 6.42 Å². The van der Waals surface area contributed by atoms with Crippen LogP contribution in [0.1, 0.15) is 31.2 Å². The molecule has 0 fully saturated rings. The number of hydrogen-bond acceptors (Lipinski definition) is 3. The number of hydrogen-bond donors (Lipinski definition) is 3. The van der Waals surface area contributed by atoms with Gasteiger partial charge in [0.15, 0.2) is 0 Å². The van der Waals surface area contributed by atoms with Crippen molar-refractivity contribution in [3.8, 4) is 12.3 Å². The molecular formula is C15H16N2O4. The topological polar surface area (TPSA) is 95.5 Å². The molecule has 1 aromatic carbocycles. The SMILES string of the molecule is C#Cc1cccc(NC(=O)NC(=O)CCCCC(=O)O)c1. The number of carboxylic acids is 1. The minimum Gasteiger partial charge on any atom is -0.481 e. The van der Waals surface area contributed by atoms with Crippen LogP contribution in [0.5, 0.6) is 0 Å². The van der Waals surface area contributed by atoms with Crippen LogP contribution in [0.3, 0.4) is 0 Å². The van der Waals surface area contributed by atoms with Crippen LogP contribution in [-0.4, -0.2) is 23.0 Å². The van der Waals surface area contributed by atoms with Gasteiger partial charge in [-0.05, 0) is 31.0 Å². The predicted octanol–water partition coefficient (Wildman–Crippen LogP) is 1.96. The summed E-state index contributed by atoms with van der Waals surface area (Å²) in [6, 6.07) is 6.02. The molecular weight excluding hydrogens is 272 g/mol. The van der Waals surface area contributed by atoms with Crippen LogP contribution < -0.4 is 10.6 Å². The number of nitrogens with one attached hydrogen (secondary N) is 2. The summed E-state index contributed by atoms with van der Waals surface area (Å²) in [5.41, 5.74) is 1.11. The van der Waals surface area contributed by atoms with Gasteiger partial charge in [0, 0.05) is 24.1 Å². The number of unbranched alkanes of at least 4 members (excludes halogenated alkanes) is 1. The molecule has 21 heavy (non-hydrogen) atoms. The maximum atomic E-state index is 11.6. The summed E-state index contributed by atoms with van der Waals surface area (Å²) in [4.78, 5) is 33.3. The number of urea groups is 1. The van der Waals surface area contributed by atoms with Crippen molar-refractivity contribution in [2.75, 3.05) is 5.32 Å². The molecule has 0 aliphatic rings. The van der Waals surface area contributed by atoms with E-state index in [-0.39, 0.29) is 12.8 Å². The van der Waals surface area contributed by atoms with Crippen LogP contribution in [0.25, 0.3) is 0 Å². The van der Waals surface area contributed by atoms with Gasteiger partial charge in [0.05, 0.1) is 0 Å². The number of aliphatic carboxylic acids is 1. The number of rotatable bonds is 6. The first-order valence-corrected chi connectivity index (χ1v) is 6.40. The summed E-state index contributed by atoms with van der Waals surface area (Å²) in [7, 11) is 0. The first kappa shape index (κ1) is 16.2. The fourth-order valence-electron chi connectivity index (χ4n) is 1.60. The maximum Gasteiger partial charge on any atom is 0.325 e. The Morgan fingerprint density at radius 3 is 2.57 bits per heavy atom. The van der Waals surface area contributed by atoms with E-state index in [4.69, 9.17) is 11.5 Å². The number of carboxylic acid groups (broad SMARTS) is 1. The van der Waals surface area contributed by atoms with Gasteiger partial charge in [0.1, 0.15) is 0 Å². The smallest absolute Gasteiger partial charge is 0.325 e. The molecule has 0 saturated carbocycles. The van der Waals surface area contributed by atoms with E-state index >= 15 is 0 Å². The van der Waals surface area contributed by atoms with E-state index in [1.54, 1.807) is 24.3 Å². The number of terminal acetylenes is 1. The molecule has 6 heteroatoms. The van der Waals surface area contributed by atoms with Gasteiger partial charge in [0.25, 0.3) is 0 Å². The van der Waals surface area contributed by atoms with E-state index in [1.807, 2.05) is 0 Å². The molecule has 0 bridgehead atoms. The van der Waals surface area contributed by atoms with E-state index < -0.39 is 17.9 Å². The highest BCUT2D eigenvalue weighted by molar-refractivity contribution is 6.01. The zero-order valence-corrected chi connectivity index (χ0v) is 11.4. The van der Waals surface area contributed by atoms with Crippen molar-refractivity contribution < 1.29 is 19.5 Å². The Kier molecular flexibility index (Phi) is 6.48. The Hall–Kier alpha value is -2.81. The van der Waals surface area contributed by atoms with Gasteiger partial charge in [-0.25, -0.2) is 4.79 Å². The van der Waals surface area contributed by atoms with Crippen molar-refractivity contribution in [2.24, 2.45) is 0 Å². The molecule has 0 aromatic heterocycles. The van der Waals surface area contributed by atoms with Gasteiger partial charge < -0.3 is 10.4 Å². The van der Waals surface area contributed by atoms with Gasteiger partial charge in [-0.2, -0.15) is 0 Å². The van der Waals surface area contributed by atoms with E-state index in [9.17, 15) is 14.4 Å². The number of carbonyl (C=O) groups excluding carboxylic acids is 2. The van der Waals surface area contributed by atoms with Crippen LogP contribution in [0.15, 0.2) is 24.3 Å². The zero-order chi connectivity index (χ0) is 15.7. The summed E-state index contributed by atoms with van der Waals surface area (Å²) in [6.45, 7) is 0. The lowest BCUT2D eigenvalue weighted by molar-refractivity contribution is -0.137. The second kappa shape index (κ2) is 8.38. The van der Waals surface area contributed by atoms with E-state index in [0.717, 1.165) is 0 Å². The van der Waals surface area contributed by atoms with Crippen LogP contribution in [0, 0.1) is 12.3 Å². The average Bonchev–Trinajstić information content (AvgIpc) is 2.43. The third-order valence-corrected chi connectivity index (χ3v) is 2.58. The van der Waals surface area contributed by atoms with Gasteiger partial charge in [0.2, 0.25) is 5.91 Å². The second-order valence-corrected chi connectivity index (χ2v) is 4.33. The Labute approximate surface area is 122 Å². The lowest BCUT2D eigenvalue weighted by Gasteiger charge is -2.07. The molecule has 0 saturated heterocycles. The highest BCUT2D eigenvalue weighted by Crippen LogP contribution is 2.09. The Morgan fingerprint density at radius 1 is 1.19 bits per heavy atom. The zero-order valence-electron chi connectivity index (χ0n) is 11.4. The predicted molar refractivity (Wildman–Crippen MR) is 77.6 cm³/mol. The molecule has 0 spiro atoms. The summed E-state index contributed by atoms with van der Waals surface area (Å²) in [6.07, 6.45) is 6.17. The Morgan fingerprint density at radius 2 is 1.90 bits per heavy atom. The standard InChI is InChI=1S/C15H16N2O4/c1-2-11-6-5-7-12(10-11)16-15(21)17-13(18)8-3-4-9-14(19)20/h1,5-7,10H,3-4,8-9H2,(H,19,20)(H2,16,17,18,21). The Balaban J connectivity index is 2.34. The van der Waals surface area contributed by atoms with Crippen molar-refractivity contribution in [3.05, 3.63) is 29.8 Å². The van der Waals surface area contributed by atoms with Crippen LogP contribution in [-0.2, 0) is 9.59 Å². The molecule has 110 valence electrons. The van der Waals surface area contributed by atoms with E-state index in [1.165, 1.54) is 0 Å². The van der Waals surface area contributed by atoms with Crippen molar-refractivity contribution in [2.45, 2.75) is 25.7 Å². The second-order valence-electron chi connectivity index (χ2n) is 4.33. The molecule has 3 amide bonds. The van der Waals surface area contributed by atoms with Gasteiger partial charge >= 0.3 is 12.0 Å². The van der Waals surface area contributed by atoms with E-state index in [2.05, 4.69) is 16.6 Å². The molecule has 3 N–H and O–H groups in total. The minimum atomic E-state index is -0.901. The molecule has 0 atom stereocenters. The third-order valence-electron chi connectivity index (χ3n) is 2.58. The van der Waals surface area contributed by atoms with Crippen molar-refractivity contribution in [1.82, 2.24) is 5.32 Å². The minimum absolute atomic E-state index is 0.0123. The molecule has 0 unspecified atom stereocenters. The monoisotopic (exact) mass is 288 g/mol. The number of imide groups is 1. The summed E-state index contributed by atoms with van der Waals surface area (Å²) in [5, 5.41) is 13.1.